The van der Waals surface area contributed by atoms with Gasteiger partial charge in [0.25, 0.3) is 5.91 Å². The third kappa shape index (κ3) is 2.52. The zero-order chi connectivity index (χ0) is 16.0. The van der Waals surface area contributed by atoms with E-state index in [2.05, 4.69) is 35.3 Å². The van der Waals surface area contributed by atoms with Gasteiger partial charge in [-0.15, -0.1) is 5.10 Å². The molecule has 1 aliphatic carbocycles. The smallest absolute Gasteiger partial charge is 0.274 e. The molecule has 1 aliphatic heterocycles. The van der Waals surface area contributed by atoms with Crippen LogP contribution in [0.4, 0.5) is 0 Å². The predicted molar refractivity (Wildman–Crippen MR) is 88.3 cm³/mol. The lowest BCUT2D eigenvalue weighted by Gasteiger charge is -2.35. The molecule has 0 saturated heterocycles. The summed E-state index contributed by atoms with van der Waals surface area (Å²) in [5, 5.41) is 8.40. The summed E-state index contributed by atoms with van der Waals surface area (Å²) in [6, 6.07) is 10.4. The van der Waals surface area contributed by atoms with Gasteiger partial charge in [0.1, 0.15) is 0 Å². The fraction of sp³-hybridized carbons (Fsp3) is 0.421. The number of amides is 1. The van der Waals surface area contributed by atoms with Crippen molar-refractivity contribution in [2.24, 2.45) is 0 Å². The highest BCUT2D eigenvalue weighted by Gasteiger charge is 2.31. The topological polar surface area (TPSA) is 46.1 Å². The molecule has 0 bridgehead atoms. The Labute approximate surface area is 136 Å². The summed E-state index contributed by atoms with van der Waals surface area (Å²) in [6.07, 6.45) is 3.31. The molecule has 2 aliphatic rings. The van der Waals surface area contributed by atoms with Crippen LogP contribution in [0.25, 0.3) is 0 Å². The Morgan fingerprint density at radius 1 is 1.17 bits per heavy atom. The molecule has 1 fully saturated rings. The van der Waals surface area contributed by atoms with E-state index in [1.54, 1.807) is 0 Å². The van der Waals surface area contributed by atoms with Crippen molar-refractivity contribution in [2.45, 2.75) is 45.1 Å². The zero-order valence-corrected chi connectivity index (χ0v) is 13.6. The standard InChI is InChI=1S/C19H21N3O/c1-12-17(15-7-8-15)11-18(21-20-12)19(23)22-10-9-14-5-3-4-6-16(14)13(22)2/h3-6,11,13,15H,7-10H2,1-2H3/t13-/m1/s1. The van der Waals surface area contributed by atoms with Crippen molar-refractivity contribution in [3.63, 3.8) is 0 Å². The van der Waals surface area contributed by atoms with Gasteiger partial charge in [0.2, 0.25) is 0 Å². The molecule has 4 rings (SSSR count). The minimum absolute atomic E-state index is 0.00130. The molecular weight excluding hydrogens is 286 g/mol. The van der Waals surface area contributed by atoms with E-state index in [9.17, 15) is 4.79 Å². The second-order valence-corrected chi connectivity index (χ2v) is 6.67. The number of benzene rings is 1. The van der Waals surface area contributed by atoms with Crippen molar-refractivity contribution in [3.05, 3.63) is 58.4 Å². The number of aryl methyl sites for hydroxylation is 1. The number of hydrogen-bond acceptors (Lipinski definition) is 3. The second-order valence-electron chi connectivity index (χ2n) is 6.67. The van der Waals surface area contributed by atoms with Crippen molar-refractivity contribution >= 4 is 5.91 Å². The van der Waals surface area contributed by atoms with E-state index in [0.29, 0.717) is 11.6 Å². The Morgan fingerprint density at radius 2 is 1.96 bits per heavy atom. The lowest BCUT2D eigenvalue weighted by atomic mass is 9.93. The fourth-order valence-electron chi connectivity index (χ4n) is 3.58. The van der Waals surface area contributed by atoms with Crippen LogP contribution in [0, 0.1) is 6.92 Å². The van der Waals surface area contributed by atoms with Crippen LogP contribution in [0.3, 0.4) is 0 Å². The van der Waals surface area contributed by atoms with Gasteiger partial charge in [0, 0.05) is 6.54 Å². The molecule has 4 heteroatoms. The molecule has 0 N–H and O–H groups in total. The molecule has 4 nitrogen and oxygen atoms in total. The summed E-state index contributed by atoms with van der Waals surface area (Å²) in [6.45, 7) is 4.82. The Morgan fingerprint density at radius 3 is 2.74 bits per heavy atom. The fourth-order valence-corrected chi connectivity index (χ4v) is 3.58. The van der Waals surface area contributed by atoms with E-state index in [1.165, 1.54) is 29.5 Å². The van der Waals surface area contributed by atoms with Crippen molar-refractivity contribution in [3.8, 4) is 0 Å². The van der Waals surface area contributed by atoms with Crippen LogP contribution in [0.5, 0.6) is 0 Å². The van der Waals surface area contributed by atoms with Crippen molar-refractivity contribution < 1.29 is 4.79 Å². The number of carbonyl (C=O) groups excluding carboxylic acids is 1. The molecule has 2 heterocycles. The lowest BCUT2D eigenvalue weighted by molar-refractivity contribution is 0.0670. The first kappa shape index (κ1) is 14.4. The first-order chi connectivity index (χ1) is 11.1. The largest absolute Gasteiger partial charge is 0.330 e. The van der Waals surface area contributed by atoms with Gasteiger partial charge in [-0.05, 0) is 61.8 Å². The highest BCUT2D eigenvalue weighted by molar-refractivity contribution is 5.93. The molecule has 118 valence electrons. The second kappa shape index (κ2) is 5.44. The third-order valence-corrected chi connectivity index (χ3v) is 5.11. The maximum absolute atomic E-state index is 12.9. The quantitative estimate of drug-likeness (QED) is 0.854. The first-order valence-corrected chi connectivity index (χ1v) is 8.38. The SMILES string of the molecule is Cc1nnc(C(=O)N2CCc3ccccc3[C@H]2C)cc1C1CC1. The number of nitrogens with zero attached hydrogens (tertiary/aromatic N) is 3. The summed E-state index contributed by atoms with van der Waals surface area (Å²) in [4.78, 5) is 14.9. The number of hydrogen-bond donors (Lipinski definition) is 0. The highest BCUT2D eigenvalue weighted by Crippen LogP contribution is 2.41. The predicted octanol–water partition coefficient (Wildman–Crippen LogP) is 3.42. The van der Waals surface area contributed by atoms with Gasteiger partial charge in [-0.25, -0.2) is 0 Å². The molecule has 0 radical (unpaired) electrons. The van der Waals surface area contributed by atoms with Gasteiger partial charge in [0.15, 0.2) is 5.69 Å². The van der Waals surface area contributed by atoms with Gasteiger partial charge in [-0.2, -0.15) is 5.10 Å². The van der Waals surface area contributed by atoms with Gasteiger partial charge >= 0.3 is 0 Å². The minimum atomic E-state index is 0.00130. The molecule has 1 atom stereocenters. The van der Waals surface area contributed by atoms with Gasteiger partial charge in [-0.3, -0.25) is 4.79 Å². The third-order valence-electron chi connectivity index (χ3n) is 5.11. The average molecular weight is 307 g/mol. The minimum Gasteiger partial charge on any atom is -0.330 e. The molecule has 1 aromatic carbocycles. The molecule has 23 heavy (non-hydrogen) atoms. The molecule has 2 aromatic rings. The van der Waals surface area contributed by atoms with Crippen LogP contribution in [0.15, 0.2) is 30.3 Å². The Kier molecular flexibility index (Phi) is 3.40. The molecule has 0 unspecified atom stereocenters. The van der Waals surface area contributed by atoms with E-state index < -0.39 is 0 Å². The van der Waals surface area contributed by atoms with E-state index in [-0.39, 0.29) is 11.9 Å². The average Bonchev–Trinajstić information content (AvgIpc) is 3.40. The van der Waals surface area contributed by atoms with Crippen LogP contribution >= 0.6 is 0 Å². The van der Waals surface area contributed by atoms with E-state index >= 15 is 0 Å². The molecular formula is C19H21N3O. The Hall–Kier alpha value is -2.23. The Bertz CT molecular complexity index is 767. The van der Waals surface area contributed by atoms with Crippen LogP contribution in [0.1, 0.15) is 64.6 Å². The van der Waals surface area contributed by atoms with Crippen LogP contribution in [-0.4, -0.2) is 27.5 Å². The number of rotatable bonds is 2. The summed E-state index contributed by atoms with van der Waals surface area (Å²) in [7, 11) is 0. The normalized spacial score (nSPS) is 20.3. The van der Waals surface area contributed by atoms with Crippen LogP contribution in [0.2, 0.25) is 0 Å². The van der Waals surface area contributed by atoms with Crippen molar-refractivity contribution in [1.82, 2.24) is 15.1 Å². The molecule has 0 spiro atoms. The van der Waals surface area contributed by atoms with E-state index in [0.717, 1.165) is 18.7 Å². The van der Waals surface area contributed by atoms with Crippen LogP contribution < -0.4 is 0 Å². The van der Waals surface area contributed by atoms with Crippen LogP contribution in [-0.2, 0) is 6.42 Å². The van der Waals surface area contributed by atoms with Crippen molar-refractivity contribution in [1.29, 1.82) is 0 Å². The lowest BCUT2D eigenvalue weighted by Crippen LogP contribution is -2.39. The number of carbonyl (C=O) groups is 1. The molecule has 1 saturated carbocycles. The highest BCUT2D eigenvalue weighted by atomic mass is 16.2. The van der Waals surface area contributed by atoms with Gasteiger partial charge in [0.05, 0.1) is 11.7 Å². The molecule has 1 aromatic heterocycles. The zero-order valence-electron chi connectivity index (χ0n) is 13.6. The number of fused-ring (bicyclic) bond motifs is 1. The van der Waals surface area contributed by atoms with E-state index in [4.69, 9.17) is 0 Å². The summed E-state index contributed by atoms with van der Waals surface area (Å²) in [5.74, 6) is 0.581. The number of aromatic nitrogens is 2. The van der Waals surface area contributed by atoms with Gasteiger partial charge in [-0.1, -0.05) is 24.3 Å². The maximum Gasteiger partial charge on any atom is 0.274 e. The molecule has 1 amide bonds. The monoisotopic (exact) mass is 307 g/mol. The first-order valence-electron chi connectivity index (χ1n) is 8.38. The summed E-state index contributed by atoms with van der Waals surface area (Å²) in [5.41, 5.74) is 5.24. The maximum atomic E-state index is 12.9. The summed E-state index contributed by atoms with van der Waals surface area (Å²) < 4.78 is 0. The summed E-state index contributed by atoms with van der Waals surface area (Å²) >= 11 is 0. The van der Waals surface area contributed by atoms with Crippen molar-refractivity contribution in [2.75, 3.05) is 6.54 Å². The Balaban J connectivity index is 1.64. The van der Waals surface area contributed by atoms with Gasteiger partial charge < -0.3 is 4.90 Å². The van der Waals surface area contributed by atoms with E-state index in [1.807, 2.05) is 24.0 Å².